The van der Waals surface area contributed by atoms with Crippen LogP contribution < -0.4 is 5.73 Å². The molecule has 2 rings (SSSR count). The van der Waals surface area contributed by atoms with E-state index < -0.39 is 0 Å². The van der Waals surface area contributed by atoms with Crippen molar-refractivity contribution in [1.82, 2.24) is 14.5 Å². The summed E-state index contributed by atoms with van der Waals surface area (Å²) in [6, 6.07) is 0.764. The van der Waals surface area contributed by atoms with Gasteiger partial charge in [0.05, 0.1) is 12.0 Å². The number of imidazole rings is 1. The summed E-state index contributed by atoms with van der Waals surface area (Å²) in [6.45, 7) is 2.50. The van der Waals surface area contributed by atoms with E-state index in [0.717, 1.165) is 24.8 Å². The van der Waals surface area contributed by atoms with Gasteiger partial charge in [0.1, 0.15) is 0 Å². The van der Waals surface area contributed by atoms with Gasteiger partial charge in [-0.15, -0.1) is 0 Å². The highest BCUT2D eigenvalue weighted by Gasteiger charge is 2.19. The standard InChI is InChI=1S/C12H22N4/c1-15(12-4-2-3-5-12)8-11-9-16(7-6-13)10-14-11/h9-10,12H,2-8,13H2,1H3. The van der Waals surface area contributed by atoms with Crippen LogP contribution in [0, 0.1) is 0 Å². The van der Waals surface area contributed by atoms with E-state index in [9.17, 15) is 0 Å². The van der Waals surface area contributed by atoms with Gasteiger partial charge in [0.25, 0.3) is 0 Å². The second-order valence-electron chi connectivity index (χ2n) is 4.74. The number of nitrogens with two attached hydrogens (primary N) is 1. The van der Waals surface area contributed by atoms with E-state index in [-0.39, 0.29) is 0 Å². The fourth-order valence-electron chi connectivity index (χ4n) is 2.49. The molecule has 0 saturated heterocycles. The Labute approximate surface area is 97.4 Å². The van der Waals surface area contributed by atoms with Gasteiger partial charge in [0.2, 0.25) is 0 Å². The molecule has 0 amide bonds. The molecule has 1 saturated carbocycles. The summed E-state index contributed by atoms with van der Waals surface area (Å²) in [5.74, 6) is 0. The molecule has 1 heterocycles. The Morgan fingerprint density at radius 1 is 1.50 bits per heavy atom. The molecule has 1 aliphatic rings. The average Bonchev–Trinajstić information content (AvgIpc) is 2.89. The Bertz CT molecular complexity index is 315. The van der Waals surface area contributed by atoms with Gasteiger partial charge in [-0.3, -0.25) is 4.90 Å². The molecule has 4 heteroatoms. The third-order valence-electron chi connectivity index (χ3n) is 3.43. The average molecular weight is 222 g/mol. The zero-order valence-corrected chi connectivity index (χ0v) is 10.1. The normalized spacial score (nSPS) is 17.4. The molecule has 0 aliphatic heterocycles. The lowest BCUT2D eigenvalue weighted by atomic mass is 10.2. The largest absolute Gasteiger partial charge is 0.336 e. The molecule has 2 N–H and O–H groups in total. The van der Waals surface area contributed by atoms with E-state index in [1.807, 2.05) is 6.33 Å². The maximum atomic E-state index is 5.51. The molecule has 16 heavy (non-hydrogen) atoms. The van der Waals surface area contributed by atoms with Gasteiger partial charge in [-0.25, -0.2) is 4.98 Å². The van der Waals surface area contributed by atoms with Crippen LogP contribution in [0.25, 0.3) is 0 Å². The van der Waals surface area contributed by atoms with Crippen LogP contribution in [0.5, 0.6) is 0 Å². The highest BCUT2D eigenvalue weighted by molar-refractivity contribution is 4.97. The number of nitrogens with zero attached hydrogens (tertiary/aromatic N) is 3. The second kappa shape index (κ2) is 5.46. The van der Waals surface area contributed by atoms with Gasteiger partial charge in [0, 0.05) is 31.9 Å². The van der Waals surface area contributed by atoms with Crippen molar-refractivity contribution in [3.8, 4) is 0 Å². The van der Waals surface area contributed by atoms with Crippen molar-refractivity contribution < 1.29 is 0 Å². The van der Waals surface area contributed by atoms with Crippen molar-refractivity contribution in [2.45, 2.75) is 44.8 Å². The van der Waals surface area contributed by atoms with Gasteiger partial charge in [-0.2, -0.15) is 0 Å². The Hall–Kier alpha value is -0.870. The third kappa shape index (κ3) is 2.83. The quantitative estimate of drug-likeness (QED) is 0.814. The lowest BCUT2D eigenvalue weighted by molar-refractivity contribution is 0.235. The predicted molar refractivity (Wildman–Crippen MR) is 65.0 cm³/mol. The highest BCUT2D eigenvalue weighted by atomic mass is 15.1. The predicted octanol–water partition coefficient (Wildman–Crippen LogP) is 1.22. The summed E-state index contributed by atoms with van der Waals surface area (Å²) in [7, 11) is 2.21. The summed E-state index contributed by atoms with van der Waals surface area (Å²) in [5, 5.41) is 0. The van der Waals surface area contributed by atoms with Crippen LogP contribution in [0.4, 0.5) is 0 Å². The number of aromatic nitrogens is 2. The van der Waals surface area contributed by atoms with Gasteiger partial charge in [0.15, 0.2) is 0 Å². The van der Waals surface area contributed by atoms with Gasteiger partial charge < -0.3 is 10.3 Å². The minimum Gasteiger partial charge on any atom is -0.336 e. The number of rotatable bonds is 5. The number of hydrogen-bond acceptors (Lipinski definition) is 3. The summed E-state index contributed by atoms with van der Waals surface area (Å²) < 4.78 is 2.07. The fourth-order valence-corrected chi connectivity index (χ4v) is 2.49. The van der Waals surface area contributed by atoms with Crippen LogP contribution >= 0.6 is 0 Å². The Balaban J connectivity index is 1.87. The smallest absolute Gasteiger partial charge is 0.0950 e. The molecule has 90 valence electrons. The Morgan fingerprint density at radius 2 is 2.25 bits per heavy atom. The van der Waals surface area contributed by atoms with Crippen LogP contribution in [0.2, 0.25) is 0 Å². The van der Waals surface area contributed by atoms with E-state index in [0.29, 0.717) is 6.54 Å². The van der Waals surface area contributed by atoms with Gasteiger partial charge in [-0.1, -0.05) is 12.8 Å². The van der Waals surface area contributed by atoms with Crippen molar-refractivity contribution >= 4 is 0 Å². The van der Waals surface area contributed by atoms with E-state index >= 15 is 0 Å². The molecule has 1 aliphatic carbocycles. The lowest BCUT2D eigenvalue weighted by Gasteiger charge is -2.22. The maximum Gasteiger partial charge on any atom is 0.0950 e. The highest BCUT2D eigenvalue weighted by Crippen LogP contribution is 2.23. The SMILES string of the molecule is CN(Cc1cn(CCN)cn1)C1CCCC1. The molecular weight excluding hydrogens is 200 g/mol. The molecule has 0 radical (unpaired) electrons. The van der Waals surface area contributed by atoms with Crippen molar-refractivity contribution in [2.75, 3.05) is 13.6 Å². The second-order valence-corrected chi connectivity index (χ2v) is 4.74. The van der Waals surface area contributed by atoms with Crippen LogP contribution in [0.3, 0.4) is 0 Å². The minimum absolute atomic E-state index is 0.675. The fraction of sp³-hybridized carbons (Fsp3) is 0.750. The summed E-state index contributed by atoms with van der Waals surface area (Å²) >= 11 is 0. The molecular formula is C12H22N4. The van der Waals surface area contributed by atoms with Crippen LogP contribution in [-0.4, -0.2) is 34.1 Å². The van der Waals surface area contributed by atoms with Crippen molar-refractivity contribution in [1.29, 1.82) is 0 Å². The first kappa shape index (κ1) is 11.6. The van der Waals surface area contributed by atoms with Gasteiger partial charge in [-0.05, 0) is 19.9 Å². The molecule has 4 nitrogen and oxygen atoms in total. The molecule has 0 unspecified atom stereocenters. The Kier molecular flexibility index (Phi) is 3.96. The summed E-state index contributed by atoms with van der Waals surface area (Å²) in [6.07, 6.45) is 9.45. The van der Waals surface area contributed by atoms with E-state index in [2.05, 4.69) is 27.7 Å². The van der Waals surface area contributed by atoms with Crippen molar-refractivity contribution in [3.05, 3.63) is 18.2 Å². The zero-order valence-electron chi connectivity index (χ0n) is 10.1. The zero-order chi connectivity index (χ0) is 11.4. The summed E-state index contributed by atoms with van der Waals surface area (Å²) in [5.41, 5.74) is 6.67. The first-order valence-corrected chi connectivity index (χ1v) is 6.20. The van der Waals surface area contributed by atoms with Gasteiger partial charge >= 0.3 is 0 Å². The molecule has 0 atom stereocenters. The van der Waals surface area contributed by atoms with E-state index in [4.69, 9.17) is 5.73 Å². The summed E-state index contributed by atoms with van der Waals surface area (Å²) in [4.78, 5) is 6.84. The molecule has 1 aromatic rings. The lowest BCUT2D eigenvalue weighted by Crippen LogP contribution is -2.28. The maximum absolute atomic E-state index is 5.51. The molecule has 0 spiro atoms. The van der Waals surface area contributed by atoms with Crippen molar-refractivity contribution in [2.24, 2.45) is 5.73 Å². The first-order chi connectivity index (χ1) is 7.79. The third-order valence-corrected chi connectivity index (χ3v) is 3.43. The van der Waals surface area contributed by atoms with E-state index in [1.54, 1.807) is 0 Å². The Morgan fingerprint density at radius 3 is 2.94 bits per heavy atom. The minimum atomic E-state index is 0.675. The van der Waals surface area contributed by atoms with Crippen LogP contribution in [-0.2, 0) is 13.1 Å². The van der Waals surface area contributed by atoms with E-state index in [1.165, 1.54) is 25.7 Å². The monoisotopic (exact) mass is 222 g/mol. The molecule has 1 fully saturated rings. The first-order valence-electron chi connectivity index (χ1n) is 6.20. The van der Waals surface area contributed by atoms with Crippen molar-refractivity contribution in [3.63, 3.8) is 0 Å². The molecule has 1 aromatic heterocycles. The topological polar surface area (TPSA) is 47.1 Å². The molecule has 0 bridgehead atoms. The number of hydrogen-bond donors (Lipinski definition) is 1. The van der Waals surface area contributed by atoms with Crippen LogP contribution in [0.15, 0.2) is 12.5 Å². The molecule has 0 aromatic carbocycles. The van der Waals surface area contributed by atoms with Crippen LogP contribution in [0.1, 0.15) is 31.4 Å².